The SMILES string of the molecule is [CH2]C(=C)CCO. The van der Waals surface area contributed by atoms with E-state index in [1.54, 1.807) is 0 Å². The Morgan fingerprint density at radius 3 is 2.17 bits per heavy atom. The molecule has 6 heavy (non-hydrogen) atoms. The van der Waals surface area contributed by atoms with Crippen LogP contribution < -0.4 is 0 Å². The highest BCUT2D eigenvalue weighted by atomic mass is 16.2. The van der Waals surface area contributed by atoms with E-state index in [0.29, 0.717) is 6.42 Å². The summed E-state index contributed by atoms with van der Waals surface area (Å²) in [6, 6.07) is 0. The van der Waals surface area contributed by atoms with Gasteiger partial charge in [0.2, 0.25) is 0 Å². The first-order valence-corrected chi connectivity index (χ1v) is 1.88. The quantitative estimate of drug-likeness (QED) is 0.524. The third-order valence-corrected chi connectivity index (χ3v) is 0.465. The average molecular weight is 85.1 g/mol. The molecule has 0 aromatic carbocycles. The predicted octanol–water partition coefficient (Wildman–Crippen LogP) is 0.759. The van der Waals surface area contributed by atoms with Gasteiger partial charge in [-0.3, -0.25) is 0 Å². The molecule has 1 N–H and O–H groups in total. The zero-order valence-electron chi connectivity index (χ0n) is 3.78. The summed E-state index contributed by atoms with van der Waals surface area (Å²) in [5.74, 6) is 0. The van der Waals surface area contributed by atoms with Crippen molar-refractivity contribution in [2.75, 3.05) is 6.61 Å². The van der Waals surface area contributed by atoms with E-state index in [1.807, 2.05) is 0 Å². The van der Waals surface area contributed by atoms with Crippen molar-refractivity contribution in [1.82, 2.24) is 0 Å². The van der Waals surface area contributed by atoms with Crippen molar-refractivity contribution in [3.05, 3.63) is 19.1 Å². The minimum absolute atomic E-state index is 0.169. The summed E-state index contributed by atoms with van der Waals surface area (Å²) in [7, 11) is 0. The maximum absolute atomic E-state index is 8.14. The molecule has 0 spiro atoms. The van der Waals surface area contributed by atoms with Crippen LogP contribution in [-0.2, 0) is 0 Å². The second-order valence-electron chi connectivity index (χ2n) is 1.22. The van der Waals surface area contributed by atoms with Crippen LogP contribution in [0.3, 0.4) is 0 Å². The van der Waals surface area contributed by atoms with Crippen molar-refractivity contribution in [2.45, 2.75) is 6.42 Å². The molecule has 0 aromatic heterocycles. The van der Waals surface area contributed by atoms with Crippen LogP contribution >= 0.6 is 0 Å². The zero-order chi connectivity index (χ0) is 4.99. The first-order chi connectivity index (χ1) is 2.77. The van der Waals surface area contributed by atoms with Gasteiger partial charge in [-0.15, -0.1) is 0 Å². The fraction of sp³-hybridized carbons (Fsp3) is 0.400. The van der Waals surface area contributed by atoms with Crippen molar-refractivity contribution >= 4 is 0 Å². The van der Waals surface area contributed by atoms with Gasteiger partial charge in [-0.2, -0.15) is 0 Å². The first kappa shape index (κ1) is 5.70. The van der Waals surface area contributed by atoms with E-state index in [2.05, 4.69) is 13.5 Å². The maximum atomic E-state index is 8.14. The molecule has 0 saturated heterocycles. The molecule has 0 fully saturated rings. The molecule has 0 heterocycles. The first-order valence-electron chi connectivity index (χ1n) is 1.88. The lowest BCUT2D eigenvalue weighted by molar-refractivity contribution is 0.300. The van der Waals surface area contributed by atoms with Crippen molar-refractivity contribution in [3.8, 4) is 0 Å². The van der Waals surface area contributed by atoms with Crippen LogP contribution in [0.2, 0.25) is 0 Å². The van der Waals surface area contributed by atoms with Crippen molar-refractivity contribution < 1.29 is 5.11 Å². The number of aliphatic hydroxyl groups is 1. The van der Waals surface area contributed by atoms with Crippen LogP contribution in [0.1, 0.15) is 6.42 Å². The molecular weight excluding hydrogens is 76.1 g/mol. The number of hydrogen-bond donors (Lipinski definition) is 1. The number of hydrogen-bond acceptors (Lipinski definition) is 1. The molecule has 0 aromatic rings. The summed E-state index contributed by atoms with van der Waals surface area (Å²) < 4.78 is 0. The lowest BCUT2D eigenvalue weighted by Crippen LogP contribution is -1.79. The number of aliphatic hydroxyl groups excluding tert-OH is 1. The fourth-order valence-corrected chi connectivity index (χ4v) is 0.158. The summed E-state index contributed by atoms with van der Waals surface area (Å²) in [4.78, 5) is 0. The molecular formula is C5H9O. The Hall–Kier alpha value is -0.300. The lowest BCUT2D eigenvalue weighted by atomic mass is 10.3. The molecule has 0 aliphatic rings. The van der Waals surface area contributed by atoms with Crippen LogP contribution in [0.15, 0.2) is 12.2 Å². The van der Waals surface area contributed by atoms with Crippen LogP contribution in [0.4, 0.5) is 0 Å². The number of rotatable bonds is 2. The molecule has 0 unspecified atom stereocenters. The van der Waals surface area contributed by atoms with Crippen molar-refractivity contribution in [3.63, 3.8) is 0 Å². The van der Waals surface area contributed by atoms with Crippen LogP contribution in [0.25, 0.3) is 0 Å². The topological polar surface area (TPSA) is 20.2 Å². The Labute approximate surface area is 38.3 Å². The Balaban J connectivity index is 2.83. The van der Waals surface area contributed by atoms with Gasteiger partial charge < -0.3 is 5.11 Å². The average Bonchev–Trinajstić information content (AvgIpc) is 1.35. The van der Waals surface area contributed by atoms with E-state index in [0.717, 1.165) is 5.57 Å². The Bertz CT molecular complexity index is 47.9. The summed E-state index contributed by atoms with van der Waals surface area (Å²) in [6.07, 6.45) is 0.625. The van der Waals surface area contributed by atoms with E-state index >= 15 is 0 Å². The highest BCUT2D eigenvalue weighted by Gasteiger charge is 1.77. The van der Waals surface area contributed by atoms with Gasteiger partial charge >= 0.3 is 0 Å². The largest absolute Gasteiger partial charge is 0.396 e. The molecule has 0 aliphatic carbocycles. The monoisotopic (exact) mass is 85.1 g/mol. The molecule has 1 radical (unpaired) electrons. The molecule has 1 nitrogen and oxygen atoms in total. The summed E-state index contributed by atoms with van der Waals surface area (Å²) in [6.45, 7) is 7.12. The molecule has 0 amide bonds. The Kier molecular flexibility index (Phi) is 2.77. The van der Waals surface area contributed by atoms with E-state index in [1.165, 1.54) is 0 Å². The van der Waals surface area contributed by atoms with E-state index in [-0.39, 0.29) is 6.61 Å². The summed E-state index contributed by atoms with van der Waals surface area (Å²) in [5.41, 5.74) is 0.789. The van der Waals surface area contributed by atoms with Crippen molar-refractivity contribution in [1.29, 1.82) is 0 Å². The van der Waals surface area contributed by atoms with Crippen molar-refractivity contribution in [2.24, 2.45) is 0 Å². The fourth-order valence-electron chi connectivity index (χ4n) is 0.158. The standard InChI is InChI=1S/C5H9O/c1-5(2)3-4-6/h6H,1-4H2. The molecule has 0 bridgehead atoms. The van der Waals surface area contributed by atoms with E-state index in [9.17, 15) is 0 Å². The normalized spacial score (nSPS) is 8.33. The predicted molar refractivity (Wildman–Crippen MR) is 26.2 cm³/mol. The minimum atomic E-state index is 0.169. The summed E-state index contributed by atoms with van der Waals surface area (Å²) >= 11 is 0. The van der Waals surface area contributed by atoms with E-state index in [4.69, 9.17) is 5.11 Å². The second-order valence-corrected chi connectivity index (χ2v) is 1.22. The van der Waals surface area contributed by atoms with Gasteiger partial charge in [-0.25, -0.2) is 0 Å². The molecule has 0 aliphatic heterocycles. The minimum Gasteiger partial charge on any atom is -0.396 e. The maximum Gasteiger partial charge on any atom is 0.0468 e. The van der Waals surface area contributed by atoms with Gasteiger partial charge in [-0.1, -0.05) is 12.2 Å². The van der Waals surface area contributed by atoms with Gasteiger partial charge in [-0.05, 0) is 13.3 Å². The van der Waals surface area contributed by atoms with Crippen LogP contribution in [0, 0.1) is 6.92 Å². The molecule has 0 saturated carbocycles. The zero-order valence-corrected chi connectivity index (χ0v) is 3.78. The lowest BCUT2D eigenvalue weighted by Gasteiger charge is -1.86. The molecule has 0 rings (SSSR count). The van der Waals surface area contributed by atoms with Gasteiger partial charge in [0, 0.05) is 6.61 Å². The Morgan fingerprint density at radius 2 is 2.17 bits per heavy atom. The van der Waals surface area contributed by atoms with Gasteiger partial charge in [0.1, 0.15) is 0 Å². The smallest absolute Gasteiger partial charge is 0.0468 e. The highest BCUT2D eigenvalue weighted by Crippen LogP contribution is 1.89. The van der Waals surface area contributed by atoms with Gasteiger partial charge in [0.15, 0.2) is 0 Å². The van der Waals surface area contributed by atoms with Crippen LogP contribution in [0.5, 0.6) is 0 Å². The molecule has 1 heteroatoms. The summed E-state index contributed by atoms with van der Waals surface area (Å²) in [5, 5.41) is 8.14. The van der Waals surface area contributed by atoms with Crippen LogP contribution in [-0.4, -0.2) is 11.7 Å². The third-order valence-electron chi connectivity index (χ3n) is 0.465. The molecule has 0 atom stereocenters. The third kappa shape index (κ3) is 3.70. The highest BCUT2D eigenvalue weighted by molar-refractivity contribution is 4.96. The Morgan fingerprint density at radius 1 is 1.67 bits per heavy atom. The molecule has 35 valence electrons. The van der Waals surface area contributed by atoms with Gasteiger partial charge in [0.05, 0.1) is 0 Å². The van der Waals surface area contributed by atoms with E-state index < -0.39 is 0 Å². The second kappa shape index (κ2) is 2.91. The van der Waals surface area contributed by atoms with Gasteiger partial charge in [0.25, 0.3) is 0 Å².